The summed E-state index contributed by atoms with van der Waals surface area (Å²) in [6, 6.07) is 10.3. The summed E-state index contributed by atoms with van der Waals surface area (Å²) in [6.45, 7) is 5.17. The van der Waals surface area contributed by atoms with Crippen molar-refractivity contribution in [3.8, 4) is 0 Å². The zero-order chi connectivity index (χ0) is 12.3. The number of rotatable bonds is 8. The SMILES string of the molecule is CCCCN(CC=Cc1ccccc1)CCO. The van der Waals surface area contributed by atoms with E-state index >= 15 is 0 Å². The Labute approximate surface area is 105 Å². The first-order valence-electron chi connectivity index (χ1n) is 6.41. The molecule has 0 aliphatic rings. The first-order chi connectivity index (χ1) is 8.36. The average Bonchev–Trinajstić information content (AvgIpc) is 2.37. The summed E-state index contributed by atoms with van der Waals surface area (Å²) >= 11 is 0. The molecular formula is C15H23NO. The van der Waals surface area contributed by atoms with Crippen molar-refractivity contribution in [2.75, 3.05) is 26.2 Å². The highest BCUT2D eigenvalue weighted by Crippen LogP contribution is 2.02. The first kappa shape index (κ1) is 13.9. The van der Waals surface area contributed by atoms with Gasteiger partial charge in [0.1, 0.15) is 0 Å². The molecule has 0 fully saturated rings. The maximum atomic E-state index is 8.99. The smallest absolute Gasteiger partial charge is 0.0558 e. The second-order valence-corrected chi connectivity index (χ2v) is 4.19. The van der Waals surface area contributed by atoms with Gasteiger partial charge in [0.2, 0.25) is 0 Å². The third-order valence-corrected chi connectivity index (χ3v) is 2.72. The Morgan fingerprint density at radius 2 is 1.94 bits per heavy atom. The molecule has 1 aromatic rings. The molecule has 0 amide bonds. The monoisotopic (exact) mass is 233 g/mol. The summed E-state index contributed by atoms with van der Waals surface area (Å²) < 4.78 is 0. The van der Waals surface area contributed by atoms with Crippen LogP contribution in [0.2, 0.25) is 0 Å². The summed E-state index contributed by atoms with van der Waals surface area (Å²) in [5, 5.41) is 8.99. The Kier molecular flexibility index (Phi) is 7.35. The number of aliphatic hydroxyl groups excluding tert-OH is 1. The average molecular weight is 233 g/mol. The van der Waals surface area contributed by atoms with Crippen LogP contribution in [0.1, 0.15) is 25.3 Å². The van der Waals surface area contributed by atoms with Gasteiger partial charge in [-0.3, -0.25) is 4.90 Å². The van der Waals surface area contributed by atoms with Gasteiger partial charge in [-0.25, -0.2) is 0 Å². The number of unbranched alkanes of at least 4 members (excludes halogenated alkanes) is 1. The van der Waals surface area contributed by atoms with Gasteiger partial charge in [-0.05, 0) is 18.5 Å². The van der Waals surface area contributed by atoms with Gasteiger partial charge in [-0.15, -0.1) is 0 Å². The molecule has 94 valence electrons. The Morgan fingerprint density at radius 1 is 1.18 bits per heavy atom. The lowest BCUT2D eigenvalue weighted by Crippen LogP contribution is -2.28. The molecule has 2 heteroatoms. The van der Waals surface area contributed by atoms with E-state index in [9.17, 15) is 0 Å². The van der Waals surface area contributed by atoms with E-state index in [4.69, 9.17) is 5.11 Å². The van der Waals surface area contributed by atoms with Crippen LogP contribution < -0.4 is 0 Å². The molecule has 0 unspecified atom stereocenters. The topological polar surface area (TPSA) is 23.5 Å². The van der Waals surface area contributed by atoms with Crippen LogP contribution in [0.25, 0.3) is 6.08 Å². The number of hydrogen-bond donors (Lipinski definition) is 1. The van der Waals surface area contributed by atoms with Crippen LogP contribution in [0, 0.1) is 0 Å². The molecule has 2 nitrogen and oxygen atoms in total. The van der Waals surface area contributed by atoms with E-state index in [1.165, 1.54) is 18.4 Å². The van der Waals surface area contributed by atoms with Gasteiger partial charge >= 0.3 is 0 Å². The lowest BCUT2D eigenvalue weighted by atomic mass is 10.2. The van der Waals surface area contributed by atoms with E-state index in [0.717, 1.165) is 19.6 Å². The van der Waals surface area contributed by atoms with Crippen molar-refractivity contribution < 1.29 is 5.11 Å². The van der Waals surface area contributed by atoms with Crippen LogP contribution in [0.3, 0.4) is 0 Å². The molecule has 0 saturated carbocycles. The van der Waals surface area contributed by atoms with Crippen molar-refractivity contribution in [1.82, 2.24) is 4.90 Å². The van der Waals surface area contributed by atoms with Gasteiger partial charge in [0.25, 0.3) is 0 Å². The van der Waals surface area contributed by atoms with Gasteiger partial charge in [0, 0.05) is 13.1 Å². The van der Waals surface area contributed by atoms with Gasteiger partial charge < -0.3 is 5.11 Å². The van der Waals surface area contributed by atoms with Crippen LogP contribution in [-0.2, 0) is 0 Å². The minimum absolute atomic E-state index is 0.239. The zero-order valence-corrected chi connectivity index (χ0v) is 10.7. The highest BCUT2D eigenvalue weighted by molar-refractivity contribution is 5.48. The van der Waals surface area contributed by atoms with E-state index in [0.29, 0.717) is 0 Å². The molecule has 17 heavy (non-hydrogen) atoms. The predicted molar refractivity (Wildman–Crippen MR) is 73.9 cm³/mol. The number of hydrogen-bond acceptors (Lipinski definition) is 2. The molecule has 0 heterocycles. The summed E-state index contributed by atoms with van der Waals surface area (Å²) in [6.07, 6.45) is 6.69. The van der Waals surface area contributed by atoms with E-state index in [1.54, 1.807) is 0 Å². The fourth-order valence-corrected chi connectivity index (χ4v) is 1.72. The van der Waals surface area contributed by atoms with E-state index in [2.05, 4.69) is 36.1 Å². The largest absolute Gasteiger partial charge is 0.395 e. The van der Waals surface area contributed by atoms with Gasteiger partial charge in [0.05, 0.1) is 6.61 Å². The minimum atomic E-state index is 0.239. The second kappa shape index (κ2) is 8.97. The highest BCUT2D eigenvalue weighted by atomic mass is 16.3. The van der Waals surface area contributed by atoms with Crippen LogP contribution in [0.5, 0.6) is 0 Å². The van der Waals surface area contributed by atoms with Crippen molar-refractivity contribution in [1.29, 1.82) is 0 Å². The minimum Gasteiger partial charge on any atom is -0.395 e. The molecule has 0 bridgehead atoms. The molecule has 0 aromatic heterocycles. The van der Waals surface area contributed by atoms with Crippen LogP contribution in [0.15, 0.2) is 36.4 Å². The molecule has 1 rings (SSSR count). The summed E-state index contributed by atoms with van der Waals surface area (Å²) in [7, 11) is 0. The number of nitrogens with zero attached hydrogens (tertiary/aromatic N) is 1. The third-order valence-electron chi connectivity index (χ3n) is 2.72. The predicted octanol–water partition coefficient (Wildman–Crippen LogP) is 2.79. The van der Waals surface area contributed by atoms with E-state index in [1.807, 2.05) is 18.2 Å². The maximum absolute atomic E-state index is 8.99. The van der Waals surface area contributed by atoms with Crippen LogP contribution in [-0.4, -0.2) is 36.2 Å². The third kappa shape index (κ3) is 6.25. The molecule has 1 aromatic carbocycles. The lowest BCUT2D eigenvalue weighted by Gasteiger charge is -2.18. The van der Waals surface area contributed by atoms with E-state index < -0.39 is 0 Å². The van der Waals surface area contributed by atoms with Crippen molar-refractivity contribution in [3.05, 3.63) is 42.0 Å². The molecule has 1 N–H and O–H groups in total. The Morgan fingerprint density at radius 3 is 2.59 bits per heavy atom. The van der Waals surface area contributed by atoms with Gasteiger partial charge in [-0.1, -0.05) is 55.8 Å². The van der Waals surface area contributed by atoms with Crippen molar-refractivity contribution >= 4 is 6.08 Å². The summed E-state index contributed by atoms with van der Waals surface area (Å²) in [4.78, 5) is 2.28. The fourth-order valence-electron chi connectivity index (χ4n) is 1.72. The lowest BCUT2D eigenvalue weighted by molar-refractivity contribution is 0.207. The normalized spacial score (nSPS) is 11.5. The quantitative estimate of drug-likeness (QED) is 0.746. The maximum Gasteiger partial charge on any atom is 0.0558 e. The van der Waals surface area contributed by atoms with Crippen molar-refractivity contribution in [2.24, 2.45) is 0 Å². The van der Waals surface area contributed by atoms with E-state index in [-0.39, 0.29) is 6.61 Å². The molecule has 0 radical (unpaired) electrons. The van der Waals surface area contributed by atoms with Crippen LogP contribution >= 0.6 is 0 Å². The Balaban J connectivity index is 2.37. The summed E-state index contributed by atoms with van der Waals surface area (Å²) in [5.41, 5.74) is 1.23. The Hall–Kier alpha value is -1.12. The van der Waals surface area contributed by atoms with Crippen LogP contribution in [0.4, 0.5) is 0 Å². The highest BCUT2D eigenvalue weighted by Gasteiger charge is 2.00. The standard InChI is InChI=1S/C15H23NO/c1-2-3-11-16(13-14-17)12-7-10-15-8-5-4-6-9-15/h4-10,17H,2-3,11-14H2,1H3. The molecule has 0 atom stereocenters. The zero-order valence-electron chi connectivity index (χ0n) is 10.7. The van der Waals surface area contributed by atoms with Gasteiger partial charge in [0.15, 0.2) is 0 Å². The van der Waals surface area contributed by atoms with Crippen molar-refractivity contribution in [3.63, 3.8) is 0 Å². The molecule has 0 aliphatic heterocycles. The molecule has 0 aliphatic carbocycles. The molecule has 0 spiro atoms. The fraction of sp³-hybridized carbons (Fsp3) is 0.467. The number of benzene rings is 1. The Bertz CT molecular complexity index is 308. The molecule has 0 saturated heterocycles. The van der Waals surface area contributed by atoms with Crippen molar-refractivity contribution in [2.45, 2.75) is 19.8 Å². The second-order valence-electron chi connectivity index (χ2n) is 4.19. The van der Waals surface area contributed by atoms with Gasteiger partial charge in [-0.2, -0.15) is 0 Å². The molecular weight excluding hydrogens is 210 g/mol. The number of aliphatic hydroxyl groups is 1. The first-order valence-corrected chi connectivity index (χ1v) is 6.41. The summed E-state index contributed by atoms with van der Waals surface area (Å²) in [5.74, 6) is 0.